The van der Waals surface area contributed by atoms with Crippen LogP contribution < -0.4 is 0 Å². The van der Waals surface area contributed by atoms with Crippen molar-refractivity contribution < 1.29 is 9.53 Å². The number of hydrogen-bond acceptors (Lipinski definition) is 4. The molecule has 2 aromatic heterocycles. The molecule has 0 saturated carbocycles. The zero-order chi connectivity index (χ0) is 16.2. The van der Waals surface area contributed by atoms with Crippen LogP contribution in [-0.4, -0.2) is 44.8 Å². The van der Waals surface area contributed by atoms with Crippen LogP contribution in [0, 0.1) is 0 Å². The number of nitrogens with zero attached hydrogens (tertiary/aromatic N) is 4. The number of carbonyl (C=O) groups excluding carboxylic acids is 1. The highest BCUT2D eigenvalue weighted by Gasteiger charge is 2.26. The fraction of sp³-hybridized carbons (Fsp3) is 0.438. The Morgan fingerprint density at radius 3 is 2.87 bits per heavy atom. The summed E-state index contributed by atoms with van der Waals surface area (Å²) in [6.45, 7) is 1.77. The van der Waals surface area contributed by atoms with Crippen LogP contribution in [0.2, 0.25) is 5.02 Å². The van der Waals surface area contributed by atoms with Gasteiger partial charge in [0.05, 0.1) is 11.1 Å². The molecule has 3 heterocycles. The average molecular weight is 335 g/mol. The molecule has 3 rings (SSSR count). The van der Waals surface area contributed by atoms with Gasteiger partial charge in [0.1, 0.15) is 0 Å². The SMILES string of the molecule is Cn1cc(Cl)c(C(=O)N(Cc2ccncc2)CC2CCCO2)n1. The summed E-state index contributed by atoms with van der Waals surface area (Å²) in [4.78, 5) is 18.6. The Morgan fingerprint density at radius 2 is 2.26 bits per heavy atom. The van der Waals surface area contributed by atoms with Crippen molar-refractivity contribution in [3.05, 3.63) is 47.0 Å². The number of halogens is 1. The molecule has 122 valence electrons. The Labute approximate surface area is 140 Å². The van der Waals surface area contributed by atoms with E-state index >= 15 is 0 Å². The van der Waals surface area contributed by atoms with Crippen molar-refractivity contribution in [3.63, 3.8) is 0 Å². The van der Waals surface area contributed by atoms with E-state index in [2.05, 4.69) is 10.1 Å². The Bertz CT molecular complexity index is 668. The summed E-state index contributed by atoms with van der Waals surface area (Å²) in [5.41, 5.74) is 1.29. The minimum Gasteiger partial charge on any atom is -0.376 e. The third-order valence-corrected chi connectivity index (χ3v) is 4.12. The number of amides is 1. The van der Waals surface area contributed by atoms with Gasteiger partial charge < -0.3 is 9.64 Å². The van der Waals surface area contributed by atoms with Crippen molar-refractivity contribution in [1.29, 1.82) is 0 Å². The zero-order valence-corrected chi connectivity index (χ0v) is 13.7. The van der Waals surface area contributed by atoms with Gasteiger partial charge in [-0.15, -0.1) is 0 Å². The van der Waals surface area contributed by atoms with Crippen LogP contribution in [0.1, 0.15) is 28.9 Å². The lowest BCUT2D eigenvalue weighted by Gasteiger charge is -2.25. The second-order valence-electron chi connectivity index (χ2n) is 5.68. The molecule has 1 fully saturated rings. The number of hydrogen-bond donors (Lipinski definition) is 0. The standard InChI is InChI=1S/C16H19ClN4O2/c1-20-11-14(17)15(19-20)16(22)21(10-13-3-2-8-23-13)9-12-4-6-18-7-5-12/h4-7,11,13H,2-3,8-10H2,1H3. The molecular weight excluding hydrogens is 316 g/mol. The maximum Gasteiger partial charge on any atom is 0.276 e. The molecule has 1 amide bonds. The van der Waals surface area contributed by atoms with E-state index in [0.717, 1.165) is 25.0 Å². The summed E-state index contributed by atoms with van der Waals surface area (Å²) in [6, 6.07) is 3.80. The summed E-state index contributed by atoms with van der Waals surface area (Å²) in [5, 5.41) is 4.55. The van der Waals surface area contributed by atoms with Gasteiger partial charge in [-0.1, -0.05) is 11.6 Å². The van der Waals surface area contributed by atoms with E-state index in [1.807, 2.05) is 12.1 Å². The first kappa shape index (κ1) is 16.0. The van der Waals surface area contributed by atoms with Crippen LogP contribution in [0.4, 0.5) is 0 Å². The molecule has 0 aliphatic carbocycles. The van der Waals surface area contributed by atoms with Crippen LogP contribution in [0.25, 0.3) is 0 Å². The molecule has 0 aromatic carbocycles. The monoisotopic (exact) mass is 334 g/mol. The third kappa shape index (κ3) is 3.89. The van der Waals surface area contributed by atoms with Gasteiger partial charge in [-0.05, 0) is 30.5 Å². The summed E-state index contributed by atoms with van der Waals surface area (Å²) in [6.07, 6.45) is 7.15. The Morgan fingerprint density at radius 1 is 1.48 bits per heavy atom. The van der Waals surface area contributed by atoms with Crippen LogP contribution in [-0.2, 0) is 18.3 Å². The second-order valence-corrected chi connectivity index (χ2v) is 6.08. The second kappa shape index (κ2) is 7.10. The first-order valence-corrected chi connectivity index (χ1v) is 8.00. The van der Waals surface area contributed by atoms with Gasteiger partial charge in [0.2, 0.25) is 0 Å². The van der Waals surface area contributed by atoms with Gasteiger partial charge in [-0.3, -0.25) is 14.5 Å². The van der Waals surface area contributed by atoms with E-state index in [9.17, 15) is 4.79 Å². The molecule has 6 nitrogen and oxygen atoms in total. The van der Waals surface area contributed by atoms with E-state index in [-0.39, 0.29) is 17.7 Å². The molecule has 0 N–H and O–H groups in total. The number of aromatic nitrogens is 3. The summed E-state index contributed by atoms with van der Waals surface area (Å²) in [7, 11) is 1.75. The highest BCUT2D eigenvalue weighted by molar-refractivity contribution is 6.33. The first-order valence-electron chi connectivity index (χ1n) is 7.62. The molecule has 1 saturated heterocycles. The number of ether oxygens (including phenoxy) is 1. The number of carbonyl (C=O) groups is 1. The molecule has 0 bridgehead atoms. The highest BCUT2D eigenvalue weighted by Crippen LogP contribution is 2.20. The predicted octanol–water partition coefficient (Wildman–Crippen LogP) is 2.29. The molecule has 2 aromatic rings. The van der Waals surface area contributed by atoms with Crippen LogP contribution in [0.5, 0.6) is 0 Å². The zero-order valence-electron chi connectivity index (χ0n) is 13.0. The Kier molecular flexibility index (Phi) is 4.93. The smallest absolute Gasteiger partial charge is 0.276 e. The minimum absolute atomic E-state index is 0.0725. The van der Waals surface area contributed by atoms with Crippen molar-refractivity contribution >= 4 is 17.5 Å². The van der Waals surface area contributed by atoms with Crippen molar-refractivity contribution in [2.75, 3.05) is 13.2 Å². The van der Waals surface area contributed by atoms with E-state index in [4.69, 9.17) is 16.3 Å². The highest BCUT2D eigenvalue weighted by atomic mass is 35.5. The Balaban J connectivity index is 1.81. The van der Waals surface area contributed by atoms with Gasteiger partial charge in [-0.25, -0.2) is 0 Å². The molecule has 1 atom stereocenters. The van der Waals surface area contributed by atoms with E-state index < -0.39 is 0 Å². The Hall–Kier alpha value is -1.92. The maximum absolute atomic E-state index is 12.9. The summed E-state index contributed by atoms with van der Waals surface area (Å²) >= 11 is 6.13. The van der Waals surface area contributed by atoms with Crippen molar-refractivity contribution in [2.45, 2.75) is 25.5 Å². The van der Waals surface area contributed by atoms with Crippen molar-refractivity contribution in [3.8, 4) is 0 Å². The lowest BCUT2D eigenvalue weighted by Crippen LogP contribution is -2.37. The van der Waals surface area contributed by atoms with Crippen LogP contribution in [0.3, 0.4) is 0 Å². The molecule has 1 aliphatic rings. The largest absolute Gasteiger partial charge is 0.376 e. The molecular formula is C16H19ClN4O2. The maximum atomic E-state index is 12.9. The van der Waals surface area contributed by atoms with Crippen LogP contribution in [0.15, 0.2) is 30.7 Å². The molecule has 23 heavy (non-hydrogen) atoms. The molecule has 0 radical (unpaired) electrons. The number of pyridine rings is 1. The van der Waals surface area contributed by atoms with Gasteiger partial charge >= 0.3 is 0 Å². The van der Waals surface area contributed by atoms with Gasteiger partial charge in [0.25, 0.3) is 5.91 Å². The van der Waals surface area contributed by atoms with Crippen molar-refractivity contribution in [1.82, 2.24) is 19.7 Å². The predicted molar refractivity (Wildman–Crippen MR) is 86.2 cm³/mol. The molecule has 7 heteroatoms. The first-order chi connectivity index (χ1) is 11.1. The minimum atomic E-state index is -0.178. The molecule has 1 aliphatic heterocycles. The van der Waals surface area contributed by atoms with Crippen molar-refractivity contribution in [2.24, 2.45) is 7.05 Å². The fourth-order valence-electron chi connectivity index (χ4n) is 2.72. The van der Waals surface area contributed by atoms with E-state index in [0.29, 0.717) is 18.1 Å². The summed E-state index contributed by atoms with van der Waals surface area (Å²) in [5.74, 6) is -0.178. The average Bonchev–Trinajstić information content (AvgIpc) is 3.16. The summed E-state index contributed by atoms with van der Waals surface area (Å²) < 4.78 is 7.23. The van der Waals surface area contributed by atoms with Crippen LogP contribution >= 0.6 is 11.6 Å². The normalized spacial score (nSPS) is 17.4. The topological polar surface area (TPSA) is 60.2 Å². The molecule has 0 spiro atoms. The number of rotatable bonds is 5. The van der Waals surface area contributed by atoms with E-state index in [1.54, 1.807) is 35.2 Å². The van der Waals surface area contributed by atoms with Gasteiger partial charge in [0, 0.05) is 45.3 Å². The number of aryl methyl sites for hydroxylation is 1. The van der Waals surface area contributed by atoms with Gasteiger partial charge in [-0.2, -0.15) is 5.10 Å². The fourth-order valence-corrected chi connectivity index (χ4v) is 2.98. The van der Waals surface area contributed by atoms with Gasteiger partial charge in [0.15, 0.2) is 5.69 Å². The lowest BCUT2D eigenvalue weighted by molar-refractivity contribution is 0.0502. The molecule has 1 unspecified atom stereocenters. The van der Waals surface area contributed by atoms with E-state index in [1.165, 1.54) is 0 Å². The quantitative estimate of drug-likeness (QED) is 0.841. The third-order valence-electron chi connectivity index (χ3n) is 3.84. The lowest BCUT2D eigenvalue weighted by atomic mass is 10.2.